The minimum atomic E-state index is 0.636. The van der Waals surface area contributed by atoms with Crippen molar-refractivity contribution in [3.63, 3.8) is 0 Å². The van der Waals surface area contributed by atoms with Gasteiger partial charge < -0.3 is 0 Å². The van der Waals surface area contributed by atoms with E-state index in [0.717, 1.165) is 12.2 Å². The summed E-state index contributed by atoms with van der Waals surface area (Å²) in [6, 6.07) is 6.55. The summed E-state index contributed by atoms with van der Waals surface area (Å²) in [6.45, 7) is 6.66. The van der Waals surface area contributed by atoms with E-state index in [1.54, 1.807) is 0 Å². The van der Waals surface area contributed by atoms with Crippen molar-refractivity contribution in [3.05, 3.63) is 34.9 Å². The third-order valence-corrected chi connectivity index (χ3v) is 3.00. The fourth-order valence-electron chi connectivity index (χ4n) is 1.66. The maximum atomic E-state index is 4.27. The highest BCUT2D eigenvalue weighted by molar-refractivity contribution is 7.80. The van der Waals surface area contributed by atoms with Crippen molar-refractivity contribution < 1.29 is 0 Å². The molecule has 0 saturated carbocycles. The Hall–Kier alpha value is -0.430. The first-order chi connectivity index (χ1) is 6.16. The molecule has 72 valence electrons. The molecule has 0 bridgehead atoms. The Morgan fingerprint density at radius 3 is 2.62 bits per heavy atom. The zero-order valence-electron chi connectivity index (χ0n) is 8.67. The average Bonchev–Trinajstić information content (AvgIpc) is 2.10. The number of benzene rings is 1. The fraction of sp³-hybridized carbons (Fsp3) is 0.500. The normalized spacial score (nSPS) is 12.9. The molecule has 1 aromatic rings. The Morgan fingerprint density at radius 1 is 1.31 bits per heavy atom. The molecule has 0 aliphatic rings. The predicted octanol–water partition coefficient (Wildman–Crippen LogP) is 3.73. The second-order valence-corrected chi connectivity index (χ2v) is 4.15. The summed E-state index contributed by atoms with van der Waals surface area (Å²) in [7, 11) is 0. The molecule has 0 spiro atoms. The SMILES string of the molecule is Cc1cccc(C(C)CCS)c1C. The fourth-order valence-corrected chi connectivity index (χ4v) is 2.04. The molecule has 0 aliphatic carbocycles. The van der Waals surface area contributed by atoms with Crippen LogP contribution in [-0.4, -0.2) is 5.75 Å². The summed E-state index contributed by atoms with van der Waals surface area (Å²) in [5, 5.41) is 0. The van der Waals surface area contributed by atoms with Crippen LogP contribution in [0, 0.1) is 13.8 Å². The van der Waals surface area contributed by atoms with Gasteiger partial charge in [0.1, 0.15) is 0 Å². The number of hydrogen-bond donors (Lipinski definition) is 1. The molecule has 0 fully saturated rings. The highest BCUT2D eigenvalue weighted by Gasteiger charge is 2.07. The van der Waals surface area contributed by atoms with Gasteiger partial charge in [0.25, 0.3) is 0 Å². The van der Waals surface area contributed by atoms with E-state index in [4.69, 9.17) is 0 Å². The number of rotatable bonds is 3. The predicted molar refractivity (Wildman–Crippen MR) is 62.8 cm³/mol. The van der Waals surface area contributed by atoms with Crippen LogP contribution >= 0.6 is 12.6 Å². The lowest BCUT2D eigenvalue weighted by Gasteiger charge is -2.14. The molecular formula is C12H18S. The highest BCUT2D eigenvalue weighted by atomic mass is 32.1. The van der Waals surface area contributed by atoms with Crippen molar-refractivity contribution in [1.82, 2.24) is 0 Å². The van der Waals surface area contributed by atoms with E-state index in [2.05, 4.69) is 51.6 Å². The minimum absolute atomic E-state index is 0.636. The average molecular weight is 194 g/mol. The smallest absolute Gasteiger partial charge is 0.00922 e. The van der Waals surface area contributed by atoms with Crippen LogP contribution in [0.4, 0.5) is 0 Å². The monoisotopic (exact) mass is 194 g/mol. The molecule has 1 aromatic carbocycles. The number of aryl methyl sites for hydroxylation is 1. The first-order valence-electron chi connectivity index (χ1n) is 4.83. The van der Waals surface area contributed by atoms with Crippen molar-refractivity contribution in [2.24, 2.45) is 0 Å². The van der Waals surface area contributed by atoms with Crippen LogP contribution in [0.3, 0.4) is 0 Å². The van der Waals surface area contributed by atoms with Crippen molar-refractivity contribution in [1.29, 1.82) is 0 Å². The summed E-state index contributed by atoms with van der Waals surface area (Å²) < 4.78 is 0. The van der Waals surface area contributed by atoms with Crippen LogP contribution in [0.1, 0.15) is 36.0 Å². The summed E-state index contributed by atoms with van der Waals surface area (Å²) in [4.78, 5) is 0. The lowest BCUT2D eigenvalue weighted by atomic mass is 9.92. The highest BCUT2D eigenvalue weighted by Crippen LogP contribution is 2.24. The molecule has 0 saturated heterocycles. The van der Waals surface area contributed by atoms with Gasteiger partial charge in [-0.2, -0.15) is 12.6 Å². The molecule has 0 amide bonds. The third kappa shape index (κ3) is 2.50. The molecule has 1 rings (SSSR count). The van der Waals surface area contributed by atoms with Gasteiger partial charge in [-0.1, -0.05) is 25.1 Å². The summed E-state index contributed by atoms with van der Waals surface area (Å²) in [5.41, 5.74) is 4.31. The van der Waals surface area contributed by atoms with Gasteiger partial charge in [0.2, 0.25) is 0 Å². The van der Waals surface area contributed by atoms with Crippen LogP contribution < -0.4 is 0 Å². The quantitative estimate of drug-likeness (QED) is 0.696. The van der Waals surface area contributed by atoms with Crippen molar-refractivity contribution >= 4 is 12.6 Å². The molecule has 13 heavy (non-hydrogen) atoms. The molecule has 0 N–H and O–H groups in total. The van der Waals surface area contributed by atoms with Gasteiger partial charge in [0.15, 0.2) is 0 Å². The van der Waals surface area contributed by atoms with E-state index in [0.29, 0.717) is 5.92 Å². The zero-order valence-corrected chi connectivity index (χ0v) is 9.57. The van der Waals surface area contributed by atoms with Gasteiger partial charge in [0, 0.05) is 0 Å². The summed E-state index contributed by atoms with van der Waals surface area (Å²) in [6.07, 6.45) is 1.16. The molecule has 1 atom stereocenters. The summed E-state index contributed by atoms with van der Waals surface area (Å²) >= 11 is 4.27. The van der Waals surface area contributed by atoms with Crippen LogP contribution in [0.5, 0.6) is 0 Å². The van der Waals surface area contributed by atoms with E-state index in [1.165, 1.54) is 16.7 Å². The first kappa shape index (κ1) is 10.6. The Balaban J connectivity index is 2.93. The molecule has 0 aromatic heterocycles. The van der Waals surface area contributed by atoms with Crippen molar-refractivity contribution in [2.45, 2.75) is 33.1 Å². The Labute approximate surface area is 86.8 Å². The van der Waals surface area contributed by atoms with Gasteiger partial charge in [-0.25, -0.2) is 0 Å². The van der Waals surface area contributed by atoms with E-state index >= 15 is 0 Å². The van der Waals surface area contributed by atoms with Crippen LogP contribution in [0.2, 0.25) is 0 Å². The molecular weight excluding hydrogens is 176 g/mol. The lowest BCUT2D eigenvalue weighted by molar-refractivity contribution is 0.735. The zero-order chi connectivity index (χ0) is 9.84. The Morgan fingerprint density at radius 2 is 2.00 bits per heavy atom. The van der Waals surface area contributed by atoms with Gasteiger partial charge in [-0.3, -0.25) is 0 Å². The lowest BCUT2D eigenvalue weighted by Crippen LogP contribution is -1.98. The topological polar surface area (TPSA) is 0 Å². The van der Waals surface area contributed by atoms with Gasteiger partial charge in [0.05, 0.1) is 0 Å². The number of hydrogen-bond acceptors (Lipinski definition) is 1. The van der Waals surface area contributed by atoms with Crippen LogP contribution in [0.15, 0.2) is 18.2 Å². The van der Waals surface area contributed by atoms with Crippen molar-refractivity contribution in [3.8, 4) is 0 Å². The van der Waals surface area contributed by atoms with Gasteiger partial charge in [-0.15, -0.1) is 0 Å². The van der Waals surface area contributed by atoms with Gasteiger partial charge >= 0.3 is 0 Å². The van der Waals surface area contributed by atoms with E-state index in [-0.39, 0.29) is 0 Å². The Bertz CT molecular complexity index is 278. The molecule has 0 heterocycles. The molecule has 1 unspecified atom stereocenters. The molecule has 0 radical (unpaired) electrons. The minimum Gasteiger partial charge on any atom is -0.179 e. The second-order valence-electron chi connectivity index (χ2n) is 3.70. The van der Waals surface area contributed by atoms with Crippen LogP contribution in [-0.2, 0) is 0 Å². The Kier molecular flexibility index (Phi) is 3.86. The molecule has 1 heteroatoms. The number of thiol groups is 1. The maximum Gasteiger partial charge on any atom is -0.00922 e. The van der Waals surface area contributed by atoms with Crippen molar-refractivity contribution in [2.75, 3.05) is 5.75 Å². The van der Waals surface area contributed by atoms with E-state index in [9.17, 15) is 0 Å². The van der Waals surface area contributed by atoms with E-state index < -0.39 is 0 Å². The molecule has 0 nitrogen and oxygen atoms in total. The standard InChI is InChI=1S/C12H18S/c1-9-5-4-6-12(11(9)3)10(2)7-8-13/h4-6,10,13H,7-8H2,1-3H3. The molecule has 0 aliphatic heterocycles. The summed E-state index contributed by atoms with van der Waals surface area (Å²) in [5.74, 6) is 1.60. The van der Waals surface area contributed by atoms with Crippen LogP contribution in [0.25, 0.3) is 0 Å². The first-order valence-corrected chi connectivity index (χ1v) is 5.47. The third-order valence-electron chi connectivity index (χ3n) is 2.74. The second kappa shape index (κ2) is 4.71. The largest absolute Gasteiger partial charge is 0.179 e. The van der Waals surface area contributed by atoms with Gasteiger partial charge in [-0.05, 0) is 48.6 Å². The maximum absolute atomic E-state index is 4.27. The van der Waals surface area contributed by atoms with E-state index in [1.807, 2.05) is 0 Å².